The number of piperidine rings is 1. The minimum Gasteiger partial charge on any atom is -0.347 e. The molecular formula is C20H27Cl2N3O. The molecule has 1 aliphatic rings. The Kier molecular flexibility index (Phi) is 9.63. The molecule has 142 valence electrons. The minimum atomic E-state index is -0.0941. The number of aromatic nitrogens is 1. The Hall–Kier alpha value is -1.62. The van der Waals surface area contributed by atoms with E-state index in [2.05, 4.69) is 46.8 Å². The topological polar surface area (TPSA) is 54.0 Å². The van der Waals surface area contributed by atoms with Gasteiger partial charge < -0.3 is 10.6 Å². The Labute approximate surface area is 168 Å². The molecule has 0 bridgehead atoms. The second kappa shape index (κ2) is 11.2. The summed E-state index contributed by atoms with van der Waals surface area (Å²) in [6, 6.07) is 14.2. The number of nitrogens with one attached hydrogen (secondary N) is 2. The minimum absolute atomic E-state index is 0. The van der Waals surface area contributed by atoms with Crippen molar-refractivity contribution in [2.24, 2.45) is 5.92 Å². The summed E-state index contributed by atoms with van der Waals surface area (Å²) < 4.78 is 0. The van der Waals surface area contributed by atoms with Gasteiger partial charge in [0.05, 0.1) is 17.7 Å². The maximum absolute atomic E-state index is 12.6. The fourth-order valence-electron chi connectivity index (χ4n) is 3.14. The van der Waals surface area contributed by atoms with Crippen LogP contribution < -0.4 is 10.6 Å². The lowest BCUT2D eigenvalue weighted by molar-refractivity contribution is -0.126. The van der Waals surface area contributed by atoms with Gasteiger partial charge in [0.25, 0.3) is 0 Å². The molecule has 26 heavy (non-hydrogen) atoms. The Morgan fingerprint density at radius 2 is 2.00 bits per heavy atom. The molecule has 0 saturated carbocycles. The van der Waals surface area contributed by atoms with Gasteiger partial charge >= 0.3 is 0 Å². The summed E-state index contributed by atoms with van der Waals surface area (Å²) in [7, 11) is 0. The number of rotatable bonds is 5. The van der Waals surface area contributed by atoms with Crippen LogP contribution in [0.5, 0.6) is 0 Å². The van der Waals surface area contributed by atoms with Gasteiger partial charge in [0.1, 0.15) is 0 Å². The molecule has 1 fully saturated rings. The Morgan fingerprint density at radius 3 is 2.62 bits per heavy atom. The lowest BCUT2D eigenvalue weighted by atomic mass is 9.96. The molecule has 1 saturated heterocycles. The molecule has 1 aromatic heterocycles. The molecule has 0 radical (unpaired) electrons. The first-order chi connectivity index (χ1) is 11.7. The third-order valence-electron chi connectivity index (χ3n) is 4.59. The molecule has 0 spiro atoms. The van der Waals surface area contributed by atoms with Crippen LogP contribution in [0.4, 0.5) is 0 Å². The summed E-state index contributed by atoms with van der Waals surface area (Å²) >= 11 is 0. The first kappa shape index (κ1) is 22.4. The van der Waals surface area contributed by atoms with Crippen LogP contribution in [0.3, 0.4) is 0 Å². The molecule has 1 aromatic carbocycles. The average Bonchev–Trinajstić information content (AvgIpc) is 2.64. The fraction of sp³-hybridized carbons (Fsp3) is 0.400. The molecular weight excluding hydrogens is 369 g/mol. The number of carbonyl (C=O) groups is 1. The largest absolute Gasteiger partial charge is 0.347 e. The Bertz CT molecular complexity index is 659. The second-order valence-electron chi connectivity index (χ2n) is 6.55. The normalized spacial score (nSPS) is 17.3. The van der Waals surface area contributed by atoms with Crippen LogP contribution in [-0.4, -0.2) is 24.0 Å². The first-order valence-electron chi connectivity index (χ1n) is 8.70. The lowest BCUT2D eigenvalue weighted by Crippen LogP contribution is -2.42. The number of halogens is 2. The van der Waals surface area contributed by atoms with E-state index in [1.807, 2.05) is 18.2 Å². The van der Waals surface area contributed by atoms with Crippen molar-refractivity contribution < 1.29 is 4.79 Å². The zero-order valence-corrected chi connectivity index (χ0v) is 16.6. The number of carbonyl (C=O) groups excluding carboxylic acids is 1. The van der Waals surface area contributed by atoms with Gasteiger partial charge in [0, 0.05) is 12.7 Å². The Morgan fingerprint density at radius 1 is 1.23 bits per heavy atom. The van der Waals surface area contributed by atoms with E-state index in [0.29, 0.717) is 0 Å². The van der Waals surface area contributed by atoms with Gasteiger partial charge in [-0.2, -0.15) is 0 Å². The molecule has 2 heterocycles. The van der Waals surface area contributed by atoms with Gasteiger partial charge in [-0.25, -0.2) is 0 Å². The SMILES string of the molecule is Cc1ccc(CC(NC(=O)C2CCCNC2)c2ccccn2)cc1.Cl.Cl. The van der Waals surface area contributed by atoms with E-state index < -0.39 is 0 Å². The standard InChI is InChI=1S/C20H25N3O.2ClH/c1-15-7-9-16(10-8-15)13-19(18-6-2-3-12-22-18)23-20(24)17-5-4-11-21-14-17;;/h2-3,6-10,12,17,19,21H,4-5,11,13-14H2,1H3,(H,23,24);2*1H. The average molecular weight is 396 g/mol. The maximum atomic E-state index is 12.6. The molecule has 1 amide bonds. The zero-order chi connectivity index (χ0) is 16.8. The van der Waals surface area contributed by atoms with Crippen molar-refractivity contribution in [3.63, 3.8) is 0 Å². The number of benzene rings is 1. The number of aryl methyl sites for hydroxylation is 1. The number of pyridine rings is 1. The summed E-state index contributed by atoms with van der Waals surface area (Å²) in [4.78, 5) is 17.1. The van der Waals surface area contributed by atoms with Gasteiger partial charge in [0.15, 0.2) is 0 Å². The first-order valence-corrected chi connectivity index (χ1v) is 8.70. The van der Waals surface area contributed by atoms with E-state index in [1.165, 1.54) is 11.1 Å². The number of hydrogen-bond acceptors (Lipinski definition) is 3. The lowest BCUT2D eigenvalue weighted by Gasteiger charge is -2.25. The van der Waals surface area contributed by atoms with Crippen LogP contribution in [0.2, 0.25) is 0 Å². The van der Waals surface area contributed by atoms with Crippen molar-refractivity contribution in [3.05, 3.63) is 65.5 Å². The number of amides is 1. The third kappa shape index (κ3) is 6.27. The highest BCUT2D eigenvalue weighted by Crippen LogP contribution is 2.19. The molecule has 2 N–H and O–H groups in total. The van der Waals surface area contributed by atoms with Crippen molar-refractivity contribution in [2.75, 3.05) is 13.1 Å². The highest BCUT2D eigenvalue weighted by Gasteiger charge is 2.24. The Balaban J connectivity index is 0.00000169. The van der Waals surface area contributed by atoms with E-state index >= 15 is 0 Å². The molecule has 6 heteroatoms. The van der Waals surface area contributed by atoms with Crippen LogP contribution >= 0.6 is 24.8 Å². The van der Waals surface area contributed by atoms with Crippen molar-refractivity contribution in [3.8, 4) is 0 Å². The highest BCUT2D eigenvalue weighted by atomic mass is 35.5. The third-order valence-corrected chi connectivity index (χ3v) is 4.59. The van der Waals surface area contributed by atoms with Gasteiger partial charge in [-0.1, -0.05) is 35.9 Å². The molecule has 1 aliphatic heterocycles. The number of hydrogen-bond donors (Lipinski definition) is 2. The highest BCUT2D eigenvalue weighted by molar-refractivity contribution is 5.85. The van der Waals surface area contributed by atoms with E-state index in [9.17, 15) is 4.79 Å². The molecule has 2 unspecified atom stereocenters. The molecule has 0 aliphatic carbocycles. The summed E-state index contributed by atoms with van der Waals surface area (Å²) in [5.41, 5.74) is 3.36. The van der Waals surface area contributed by atoms with Gasteiger partial charge in [-0.3, -0.25) is 9.78 Å². The van der Waals surface area contributed by atoms with E-state index in [0.717, 1.165) is 38.0 Å². The van der Waals surface area contributed by atoms with Crippen LogP contribution in [0.1, 0.15) is 35.7 Å². The predicted octanol–water partition coefficient (Wildman–Crippen LogP) is 3.63. The van der Waals surface area contributed by atoms with E-state index in [-0.39, 0.29) is 42.7 Å². The van der Waals surface area contributed by atoms with E-state index in [1.54, 1.807) is 6.20 Å². The van der Waals surface area contributed by atoms with Crippen molar-refractivity contribution in [1.29, 1.82) is 0 Å². The van der Waals surface area contributed by atoms with Gasteiger partial charge in [-0.15, -0.1) is 24.8 Å². The molecule has 4 nitrogen and oxygen atoms in total. The fourth-order valence-corrected chi connectivity index (χ4v) is 3.14. The summed E-state index contributed by atoms with van der Waals surface area (Å²) in [6.45, 7) is 3.86. The monoisotopic (exact) mass is 395 g/mol. The smallest absolute Gasteiger partial charge is 0.224 e. The van der Waals surface area contributed by atoms with Crippen LogP contribution in [0, 0.1) is 12.8 Å². The summed E-state index contributed by atoms with van der Waals surface area (Å²) in [6.07, 6.45) is 4.55. The van der Waals surface area contributed by atoms with Crippen molar-refractivity contribution in [1.82, 2.24) is 15.6 Å². The molecule has 2 atom stereocenters. The number of nitrogens with zero attached hydrogens (tertiary/aromatic N) is 1. The van der Waals surface area contributed by atoms with Crippen molar-refractivity contribution >= 4 is 30.7 Å². The van der Waals surface area contributed by atoms with Crippen LogP contribution in [0.15, 0.2) is 48.7 Å². The predicted molar refractivity (Wildman–Crippen MR) is 110 cm³/mol. The summed E-state index contributed by atoms with van der Waals surface area (Å²) in [5, 5.41) is 6.53. The molecule has 3 rings (SSSR count). The van der Waals surface area contributed by atoms with Gasteiger partial charge in [0.2, 0.25) is 5.91 Å². The van der Waals surface area contributed by atoms with Crippen LogP contribution in [0.25, 0.3) is 0 Å². The molecule has 2 aromatic rings. The quantitative estimate of drug-likeness (QED) is 0.812. The maximum Gasteiger partial charge on any atom is 0.224 e. The van der Waals surface area contributed by atoms with E-state index in [4.69, 9.17) is 0 Å². The zero-order valence-electron chi connectivity index (χ0n) is 15.0. The summed E-state index contributed by atoms with van der Waals surface area (Å²) in [5.74, 6) is 0.188. The van der Waals surface area contributed by atoms with Crippen molar-refractivity contribution in [2.45, 2.75) is 32.2 Å². The van der Waals surface area contributed by atoms with Crippen LogP contribution in [-0.2, 0) is 11.2 Å². The van der Waals surface area contributed by atoms with Gasteiger partial charge in [-0.05, 0) is 50.4 Å². The second-order valence-corrected chi connectivity index (χ2v) is 6.55.